The molecule has 0 aliphatic carbocycles. The summed E-state index contributed by atoms with van der Waals surface area (Å²) in [6, 6.07) is 119. The monoisotopic (exact) mass is 1300 g/mol. The van der Waals surface area contributed by atoms with Gasteiger partial charge in [-0.15, -0.1) is 0 Å². The fourth-order valence-electron chi connectivity index (χ4n) is 15.8. The molecule has 22 rings (SSSR count). The fourth-order valence-corrected chi connectivity index (χ4v) is 15.8. The van der Waals surface area contributed by atoms with Gasteiger partial charge in [0.1, 0.15) is 22.3 Å². The van der Waals surface area contributed by atoms with Gasteiger partial charge < -0.3 is 18.0 Å². The lowest BCUT2D eigenvalue weighted by atomic mass is 10.0. The van der Waals surface area contributed by atoms with E-state index in [4.69, 9.17) is 28.8 Å². The molecule has 8 aromatic heterocycles. The minimum Gasteiger partial charge on any atom is -0.456 e. The lowest BCUT2D eigenvalue weighted by molar-refractivity contribution is 0.669. The highest BCUT2D eigenvalue weighted by Gasteiger charge is 2.27. The predicted molar refractivity (Wildman–Crippen MR) is 418 cm³/mol. The molecule has 0 fully saturated rings. The maximum absolute atomic E-state index is 6.54. The smallest absolute Gasteiger partial charge is 0.235 e. The molecular weight excluding hydrogens is 1250 g/mol. The van der Waals surface area contributed by atoms with Crippen LogP contribution >= 0.6 is 0 Å². The normalized spacial score (nSPS) is 11.9. The van der Waals surface area contributed by atoms with E-state index in [-0.39, 0.29) is 0 Å². The summed E-state index contributed by atoms with van der Waals surface area (Å²) in [7, 11) is 0. The summed E-state index contributed by atoms with van der Waals surface area (Å²) in [6.07, 6.45) is 0. The zero-order valence-corrected chi connectivity index (χ0v) is 54.7. The third kappa shape index (κ3) is 8.86. The van der Waals surface area contributed by atoms with Gasteiger partial charge in [-0.1, -0.05) is 249 Å². The maximum Gasteiger partial charge on any atom is 0.235 e. The number of hydrogen-bond donors (Lipinski definition) is 0. The van der Waals surface area contributed by atoms with Gasteiger partial charge in [0.05, 0.1) is 66.9 Å². The number of fused-ring (bicyclic) bond motifs is 20. The van der Waals surface area contributed by atoms with Crippen molar-refractivity contribution in [3.63, 3.8) is 0 Å². The van der Waals surface area contributed by atoms with E-state index in [2.05, 4.69) is 316 Å². The summed E-state index contributed by atoms with van der Waals surface area (Å²) in [5, 5.41) is 13.7. The van der Waals surface area contributed by atoms with Gasteiger partial charge in [0, 0.05) is 98.3 Å². The summed E-state index contributed by atoms with van der Waals surface area (Å²) in [4.78, 5) is 21.6. The SMILES string of the molecule is c1ccc(-c2cc(-c3ccc4c(c3)oc3ccccc34)nc(-n3c4ccccc4c4ccc5c6ccccc6n(-c6ccccc6)c5c43)n2)cc1.c1ccc(-c2cc(-c3cccc4c3oc3ccccc34)nc(-n3c4ccccc4c4ccc5c6ccccc6n(-c6ccccc6)c5c43)n2)cc1. The molecule has 0 N–H and O–H groups in total. The van der Waals surface area contributed by atoms with Crippen molar-refractivity contribution >= 4 is 131 Å². The van der Waals surface area contributed by atoms with Crippen molar-refractivity contribution in [1.29, 1.82) is 0 Å². The second-order valence-electron chi connectivity index (χ2n) is 26.0. The Morgan fingerprint density at radius 2 is 0.539 bits per heavy atom. The highest BCUT2D eigenvalue weighted by Crippen LogP contribution is 2.46. The molecule has 10 heteroatoms. The van der Waals surface area contributed by atoms with Crippen LogP contribution in [0.15, 0.2) is 349 Å². The van der Waals surface area contributed by atoms with Crippen LogP contribution in [0.3, 0.4) is 0 Å². The van der Waals surface area contributed by atoms with Crippen molar-refractivity contribution < 1.29 is 8.83 Å². The zero-order valence-electron chi connectivity index (χ0n) is 54.7. The van der Waals surface area contributed by atoms with Gasteiger partial charge >= 0.3 is 0 Å². The van der Waals surface area contributed by atoms with Crippen LogP contribution in [0.1, 0.15) is 0 Å². The number of furan rings is 2. The molecule has 8 heterocycles. The quantitative estimate of drug-likeness (QED) is 0.150. The summed E-state index contributed by atoms with van der Waals surface area (Å²) in [5.74, 6) is 1.21. The summed E-state index contributed by atoms with van der Waals surface area (Å²) >= 11 is 0. The third-order valence-corrected chi connectivity index (χ3v) is 20.3. The molecule has 0 bridgehead atoms. The van der Waals surface area contributed by atoms with Crippen molar-refractivity contribution in [3.8, 4) is 68.3 Å². The van der Waals surface area contributed by atoms with E-state index in [9.17, 15) is 0 Å². The lowest BCUT2D eigenvalue weighted by Gasteiger charge is -2.14. The number of rotatable bonds is 8. The molecule has 0 aliphatic heterocycles. The van der Waals surface area contributed by atoms with Crippen LogP contribution in [0.5, 0.6) is 0 Å². The van der Waals surface area contributed by atoms with Crippen LogP contribution in [0.25, 0.3) is 199 Å². The lowest BCUT2D eigenvalue weighted by Crippen LogP contribution is -2.05. The Morgan fingerprint density at radius 1 is 0.206 bits per heavy atom. The third-order valence-electron chi connectivity index (χ3n) is 20.3. The van der Waals surface area contributed by atoms with E-state index >= 15 is 0 Å². The predicted octanol–water partition coefficient (Wildman–Crippen LogP) is 23.8. The van der Waals surface area contributed by atoms with Crippen LogP contribution in [-0.2, 0) is 0 Å². The molecule has 0 radical (unpaired) electrons. The van der Waals surface area contributed by atoms with Crippen molar-refractivity contribution in [2.45, 2.75) is 0 Å². The van der Waals surface area contributed by atoms with E-state index in [1.807, 2.05) is 42.5 Å². The van der Waals surface area contributed by atoms with Crippen LogP contribution in [-0.4, -0.2) is 38.2 Å². The van der Waals surface area contributed by atoms with Gasteiger partial charge in [-0.3, -0.25) is 9.13 Å². The molecular formula is C92H56N8O2. The molecule has 22 aromatic rings. The summed E-state index contributed by atoms with van der Waals surface area (Å²) in [5.41, 5.74) is 21.6. The minimum absolute atomic E-state index is 0.600. The topological polar surface area (TPSA) is 97.6 Å². The first kappa shape index (κ1) is 57.1. The van der Waals surface area contributed by atoms with Crippen molar-refractivity contribution in [1.82, 2.24) is 38.2 Å². The van der Waals surface area contributed by atoms with Crippen molar-refractivity contribution in [2.75, 3.05) is 0 Å². The molecule has 10 nitrogen and oxygen atoms in total. The van der Waals surface area contributed by atoms with Gasteiger partial charge in [-0.25, -0.2) is 19.9 Å². The van der Waals surface area contributed by atoms with E-state index in [0.29, 0.717) is 11.9 Å². The Morgan fingerprint density at radius 3 is 1.02 bits per heavy atom. The first-order valence-electron chi connectivity index (χ1n) is 34.4. The van der Waals surface area contributed by atoms with E-state index in [0.717, 1.165) is 166 Å². The average Bonchev–Trinajstić information content (AvgIpc) is 1.55. The van der Waals surface area contributed by atoms with Crippen LogP contribution < -0.4 is 0 Å². The largest absolute Gasteiger partial charge is 0.456 e. The maximum atomic E-state index is 6.54. The van der Waals surface area contributed by atoms with Crippen molar-refractivity contribution in [2.24, 2.45) is 0 Å². The Kier molecular flexibility index (Phi) is 12.8. The van der Waals surface area contributed by atoms with E-state index < -0.39 is 0 Å². The van der Waals surface area contributed by atoms with Crippen LogP contribution in [0.2, 0.25) is 0 Å². The Bertz CT molecular complexity index is 7120. The molecule has 14 aromatic carbocycles. The fraction of sp³-hybridized carbons (Fsp3) is 0. The average molecular weight is 1310 g/mol. The second-order valence-corrected chi connectivity index (χ2v) is 26.0. The molecule has 102 heavy (non-hydrogen) atoms. The van der Waals surface area contributed by atoms with E-state index in [1.165, 1.54) is 21.5 Å². The van der Waals surface area contributed by atoms with Gasteiger partial charge in [0.25, 0.3) is 0 Å². The molecule has 476 valence electrons. The van der Waals surface area contributed by atoms with Gasteiger partial charge in [0.2, 0.25) is 11.9 Å². The van der Waals surface area contributed by atoms with Gasteiger partial charge in [-0.05, 0) is 91.0 Å². The molecule has 0 saturated carbocycles. The highest BCUT2D eigenvalue weighted by atomic mass is 16.3. The van der Waals surface area contributed by atoms with Crippen LogP contribution in [0.4, 0.5) is 0 Å². The molecule has 0 atom stereocenters. The molecule has 0 saturated heterocycles. The first-order chi connectivity index (χ1) is 50.6. The number of para-hydroxylation sites is 9. The standard InChI is InChI=1S/2C46H28N4O/c1-3-14-29(15-4-1)38-28-39(37-22-13-21-36-33-20-9-12-25-42(33)51-45(36)37)48-46(47-38)50-41-24-11-8-19-32(41)35-27-26-34-31-18-7-10-23-40(31)49(43(34)44(35)50)30-16-5-2-6-17-30;1-3-13-29(14-4-1)38-28-39(30-23-24-35-34-19-9-12-22-42(34)51-43(35)27-30)48-46(47-38)50-41-21-11-8-18-33(41)37-26-25-36-32-17-7-10-20-40(32)49(44(36)45(37)50)31-15-5-2-6-16-31/h2*1-28H. The number of hydrogen-bond acceptors (Lipinski definition) is 6. The molecule has 0 spiro atoms. The Hall–Kier alpha value is -14.0. The summed E-state index contributed by atoms with van der Waals surface area (Å²) in [6.45, 7) is 0. The zero-order chi connectivity index (χ0) is 66.9. The Balaban J connectivity index is 0.000000133. The van der Waals surface area contributed by atoms with Gasteiger partial charge in [0.15, 0.2) is 0 Å². The van der Waals surface area contributed by atoms with E-state index in [1.54, 1.807) is 0 Å². The highest BCUT2D eigenvalue weighted by molar-refractivity contribution is 6.25. The molecule has 0 aliphatic rings. The van der Waals surface area contributed by atoms with Crippen molar-refractivity contribution in [3.05, 3.63) is 340 Å². The van der Waals surface area contributed by atoms with Crippen LogP contribution in [0, 0.1) is 0 Å². The van der Waals surface area contributed by atoms with Gasteiger partial charge in [-0.2, -0.15) is 0 Å². The number of nitrogens with zero attached hydrogens (tertiary/aromatic N) is 8. The molecule has 0 amide bonds. The second kappa shape index (κ2) is 22.8. The minimum atomic E-state index is 0.600. The molecule has 0 unspecified atom stereocenters. The number of aromatic nitrogens is 8. The first-order valence-corrected chi connectivity index (χ1v) is 34.4. The summed E-state index contributed by atoms with van der Waals surface area (Å²) < 4.78 is 22.2. The number of benzene rings is 14. The Labute approximate surface area is 582 Å².